The number of pyridine rings is 2. The van der Waals surface area contributed by atoms with E-state index in [1.54, 1.807) is 18.5 Å². The summed E-state index contributed by atoms with van der Waals surface area (Å²) in [5, 5.41) is 0. The number of aromatic nitrogens is 2. The summed E-state index contributed by atoms with van der Waals surface area (Å²) in [6.45, 7) is 3.65. The minimum absolute atomic E-state index is 0.0297. The monoisotopic (exact) mass is 326 g/mol. The quantitative estimate of drug-likeness (QED) is 0.927. The molecule has 6 nitrogen and oxygen atoms in total. The average Bonchev–Trinajstić information content (AvgIpc) is 2.60. The lowest BCUT2D eigenvalue weighted by atomic mass is 10.1. The van der Waals surface area contributed by atoms with E-state index in [2.05, 4.69) is 9.97 Å². The molecule has 2 aromatic rings. The molecule has 2 aromatic heterocycles. The van der Waals surface area contributed by atoms with E-state index in [9.17, 15) is 4.79 Å². The lowest BCUT2D eigenvalue weighted by Gasteiger charge is -2.33. The smallest absolute Gasteiger partial charge is 0.255 e. The van der Waals surface area contributed by atoms with Crippen molar-refractivity contribution < 1.29 is 9.53 Å². The number of morpholine rings is 1. The fraction of sp³-hybridized carbons (Fsp3) is 0.389. The summed E-state index contributed by atoms with van der Waals surface area (Å²) in [5.41, 5.74) is 8.27. The van der Waals surface area contributed by atoms with Crippen LogP contribution in [-0.4, -0.2) is 46.6 Å². The van der Waals surface area contributed by atoms with Crippen molar-refractivity contribution in [3.8, 4) is 0 Å². The molecule has 126 valence electrons. The van der Waals surface area contributed by atoms with Crippen LogP contribution in [0, 0.1) is 6.92 Å². The molecular formula is C18H22N4O2. The summed E-state index contributed by atoms with van der Waals surface area (Å²) in [5.74, 6) is 0.558. The fourth-order valence-electron chi connectivity index (χ4n) is 2.94. The Balaban J connectivity index is 1.60. The molecule has 0 spiro atoms. The molecule has 6 heteroatoms. The predicted octanol–water partition coefficient (Wildman–Crippen LogP) is 1.84. The number of carbonyl (C=O) groups is 1. The molecule has 0 bridgehead atoms. The normalized spacial score (nSPS) is 17.7. The number of rotatable bonds is 4. The third-order valence-electron chi connectivity index (χ3n) is 4.26. The van der Waals surface area contributed by atoms with E-state index in [1.165, 1.54) is 0 Å². The molecular weight excluding hydrogens is 304 g/mol. The lowest BCUT2D eigenvalue weighted by molar-refractivity contribution is -0.0246. The zero-order valence-corrected chi connectivity index (χ0v) is 13.8. The largest absolute Gasteiger partial charge is 0.384 e. The van der Waals surface area contributed by atoms with Crippen molar-refractivity contribution >= 4 is 11.7 Å². The number of nitrogens with two attached hydrogens (primary N) is 1. The Bertz CT molecular complexity index is 720. The number of hydrogen-bond donors (Lipinski definition) is 1. The molecule has 0 radical (unpaired) electrons. The number of nitrogen functional groups attached to an aromatic ring is 1. The number of carbonyl (C=O) groups excluding carboxylic acids is 1. The van der Waals surface area contributed by atoms with Gasteiger partial charge in [0.2, 0.25) is 0 Å². The zero-order chi connectivity index (χ0) is 16.9. The maximum absolute atomic E-state index is 12.7. The van der Waals surface area contributed by atoms with Gasteiger partial charge in [0.25, 0.3) is 5.91 Å². The van der Waals surface area contributed by atoms with E-state index >= 15 is 0 Å². The van der Waals surface area contributed by atoms with E-state index in [1.807, 2.05) is 30.0 Å². The van der Waals surface area contributed by atoms with Gasteiger partial charge in [-0.25, -0.2) is 4.98 Å². The Morgan fingerprint density at radius 3 is 3.04 bits per heavy atom. The maximum Gasteiger partial charge on any atom is 0.255 e. The van der Waals surface area contributed by atoms with Gasteiger partial charge in [-0.3, -0.25) is 9.78 Å². The Labute approximate surface area is 141 Å². The second-order valence-corrected chi connectivity index (χ2v) is 6.01. The van der Waals surface area contributed by atoms with Crippen molar-refractivity contribution in [3.05, 3.63) is 53.5 Å². The molecule has 24 heavy (non-hydrogen) atoms. The van der Waals surface area contributed by atoms with Crippen LogP contribution in [0.2, 0.25) is 0 Å². The van der Waals surface area contributed by atoms with Crippen molar-refractivity contribution in [1.82, 2.24) is 14.9 Å². The van der Waals surface area contributed by atoms with E-state index in [0.717, 1.165) is 24.1 Å². The van der Waals surface area contributed by atoms with Crippen LogP contribution in [0.25, 0.3) is 0 Å². The average molecular weight is 326 g/mol. The standard InChI is InChI=1S/C18H22N4O2/c1-13-16(3-2-7-20-13)18(23)22-9-10-24-15(12-22)5-4-14-6-8-21-17(19)11-14/h2-3,6-8,11,15H,4-5,9-10,12H2,1H3,(H2,19,21)/t15-/m1/s1. The first kappa shape index (κ1) is 16.4. The Kier molecular flexibility index (Phi) is 5.05. The highest BCUT2D eigenvalue weighted by Crippen LogP contribution is 2.16. The lowest BCUT2D eigenvalue weighted by Crippen LogP contribution is -2.46. The van der Waals surface area contributed by atoms with Gasteiger partial charge in [0.05, 0.1) is 18.3 Å². The summed E-state index contributed by atoms with van der Waals surface area (Å²) in [4.78, 5) is 22.8. The first-order valence-electron chi connectivity index (χ1n) is 8.16. The highest BCUT2D eigenvalue weighted by atomic mass is 16.5. The molecule has 0 aliphatic carbocycles. The summed E-state index contributed by atoms with van der Waals surface area (Å²) in [6, 6.07) is 7.47. The van der Waals surface area contributed by atoms with Crippen molar-refractivity contribution in [2.75, 3.05) is 25.4 Å². The van der Waals surface area contributed by atoms with Crippen LogP contribution in [0.4, 0.5) is 5.82 Å². The number of ether oxygens (including phenoxy) is 1. The minimum atomic E-state index is 0.0297. The first-order valence-corrected chi connectivity index (χ1v) is 8.16. The second-order valence-electron chi connectivity index (χ2n) is 6.01. The molecule has 1 fully saturated rings. The first-order chi connectivity index (χ1) is 11.6. The van der Waals surface area contributed by atoms with E-state index in [-0.39, 0.29) is 12.0 Å². The van der Waals surface area contributed by atoms with Crippen LogP contribution in [0.1, 0.15) is 28.0 Å². The van der Waals surface area contributed by atoms with E-state index < -0.39 is 0 Å². The molecule has 1 amide bonds. The molecule has 1 aliphatic rings. The summed E-state index contributed by atoms with van der Waals surface area (Å²) >= 11 is 0. The predicted molar refractivity (Wildman–Crippen MR) is 91.6 cm³/mol. The highest BCUT2D eigenvalue weighted by molar-refractivity contribution is 5.95. The van der Waals surface area contributed by atoms with Crippen molar-refractivity contribution in [3.63, 3.8) is 0 Å². The van der Waals surface area contributed by atoms with Crippen molar-refractivity contribution in [2.24, 2.45) is 0 Å². The Morgan fingerprint density at radius 2 is 2.25 bits per heavy atom. The summed E-state index contributed by atoms with van der Waals surface area (Å²) < 4.78 is 5.82. The summed E-state index contributed by atoms with van der Waals surface area (Å²) in [6.07, 6.45) is 5.15. The van der Waals surface area contributed by atoms with Crippen LogP contribution < -0.4 is 5.73 Å². The van der Waals surface area contributed by atoms with E-state index in [0.29, 0.717) is 31.1 Å². The maximum atomic E-state index is 12.7. The number of aryl methyl sites for hydroxylation is 2. The van der Waals surface area contributed by atoms with Gasteiger partial charge in [-0.2, -0.15) is 0 Å². The molecule has 3 heterocycles. The molecule has 1 atom stereocenters. The third kappa shape index (κ3) is 3.89. The molecule has 3 rings (SSSR count). The van der Waals surface area contributed by atoms with E-state index in [4.69, 9.17) is 10.5 Å². The van der Waals surface area contributed by atoms with Crippen molar-refractivity contribution in [1.29, 1.82) is 0 Å². The second kappa shape index (κ2) is 7.40. The molecule has 0 aromatic carbocycles. The molecule has 1 aliphatic heterocycles. The minimum Gasteiger partial charge on any atom is -0.384 e. The van der Waals surface area contributed by atoms with Gasteiger partial charge in [0.1, 0.15) is 5.82 Å². The third-order valence-corrected chi connectivity index (χ3v) is 4.26. The van der Waals surface area contributed by atoms with Gasteiger partial charge < -0.3 is 15.4 Å². The van der Waals surface area contributed by atoms with Crippen LogP contribution in [0.3, 0.4) is 0 Å². The number of amides is 1. The van der Waals surface area contributed by atoms with Gasteiger partial charge >= 0.3 is 0 Å². The number of anilines is 1. The summed E-state index contributed by atoms with van der Waals surface area (Å²) in [7, 11) is 0. The fourth-order valence-corrected chi connectivity index (χ4v) is 2.94. The zero-order valence-electron chi connectivity index (χ0n) is 13.8. The van der Waals surface area contributed by atoms with Gasteiger partial charge in [-0.1, -0.05) is 0 Å². The van der Waals surface area contributed by atoms with Gasteiger partial charge in [0.15, 0.2) is 0 Å². The Morgan fingerprint density at radius 1 is 1.38 bits per heavy atom. The van der Waals surface area contributed by atoms with Crippen LogP contribution in [0.5, 0.6) is 0 Å². The number of hydrogen-bond acceptors (Lipinski definition) is 5. The number of nitrogens with zero attached hydrogens (tertiary/aromatic N) is 3. The highest BCUT2D eigenvalue weighted by Gasteiger charge is 2.25. The molecule has 0 unspecified atom stereocenters. The topological polar surface area (TPSA) is 81.3 Å². The molecule has 2 N–H and O–H groups in total. The Hall–Kier alpha value is -2.47. The molecule has 0 saturated carbocycles. The van der Waals surface area contributed by atoms with Gasteiger partial charge in [-0.15, -0.1) is 0 Å². The van der Waals surface area contributed by atoms with Crippen LogP contribution in [0.15, 0.2) is 36.7 Å². The van der Waals surface area contributed by atoms with Gasteiger partial charge in [0, 0.05) is 31.2 Å². The van der Waals surface area contributed by atoms with Gasteiger partial charge in [-0.05, 0) is 49.6 Å². The van der Waals surface area contributed by atoms with Crippen LogP contribution >= 0.6 is 0 Å². The molecule has 1 saturated heterocycles. The SMILES string of the molecule is Cc1ncccc1C(=O)N1CCO[C@H](CCc2ccnc(N)c2)C1. The van der Waals surface area contributed by atoms with Crippen molar-refractivity contribution in [2.45, 2.75) is 25.9 Å². The van der Waals surface area contributed by atoms with Crippen LogP contribution in [-0.2, 0) is 11.2 Å².